The predicted octanol–water partition coefficient (Wildman–Crippen LogP) is 2.85. The van der Waals surface area contributed by atoms with Crippen LogP contribution in [0.25, 0.3) is 0 Å². The van der Waals surface area contributed by atoms with Crippen molar-refractivity contribution < 1.29 is 13.2 Å². The minimum absolute atomic E-state index is 0.153. The zero-order valence-electron chi connectivity index (χ0n) is 8.43. The quantitative estimate of drug-likeness (QED) is 0.878. The molecule has 0 amide bonds. The van der Waals surface area contributed by atoms with Crippen molar-refractivity contribution in [2.24, 2.45) is 0 Å². The summed E-state index contributed by atoms with van der Waals surface area (Å²) in [5.74, 6) is 0.250. The Kier molecular flexibility index (Phi) is 3.90. The summed E-state index contributed by atoms with van der Waals surface area (Å²) in [6.07, 6.45) is -5.17. The third-order valence-electron chi connectivity index (χ3n) is 1.51. The molecule has 7 heteroatoms. The molecule has 86 valence electrons. The molecule has 1 heterocycles. The molecule has 0 fully saturated rings. The van der Waals surface area contributed by atoms with Gasteiger partial charge in [-0.3, -0.25) is 0 Å². The molecule has 0 aromatic carbocycles. The maximum atomic E-state index is 11.9. The lowest BCUT2D eigenvalue weighted by Crippen LogP contribution is -2.10. The van der Waals surface area contributed by atoms with Gasteiger partial charge >= 0.3 is 6.18 Å². The number of anilines is 1. The van der Waals surface area contributed by atoms with Crippen LogP contribution in [-0.4, -0.2) is 21.6 Å². The summed E-state index contributed by atoms with van der Waals surface area (Å²) in [7, 11) is 0. The van der Waals surface area contributed by atoms with Crippen molar-refractivity contribution in [2.75, 3.05) is 5.32 Å². The van der Waals surface area contributed by atoms with E-state index in [1.807, 2.05) is 13.8 Å². The molecule has 1 aromatic heterocycles. The second-order valence-corrected chi connectivity index (χ2v) is 4.18. The molecular formula is C8H12F3N3S. The average molecular weight is 239 g/mol. The van der Waals surface area contributed by atoms with Crippen LogP contribution in [0, 0.1) is 0 Å². The van der Waals surface area contributed by atoms with Crippen molar-refractivity contribution in [3.63, 3.8) is 0 Å². The van der Waals surface area contributed by atoms with E-state index in [2.05, 4.69) is 14.7 Å². The van der Waals surface area contributed by atoms with Crippen LogP contribution in [0.3, 0.4) is 0 Å². The Hall–Kier alpha value is -0.850. The van der Waals surface area contributed by atoms with Gasteiger partial charge in [0.05, 0.1) is 6.42 Å². The van der Waals surface area contributed by atoms with Crippen LogP contribution in [0.2, 0.25) is 0 Å². The highest BCUT2D eigenvalue weighted by Crippen LogP contribution is 2.22. The van der Waals surface area contributed by atoms with E-state index in [4.69, 9.17) is 0 Å². The van der Waals surface area contributed by atoms with Crippen LogP contribution in [0.1, 0.15) is 26.1 Å². The molecule has 0 radical (unpaired) electrons. The van der Waals surface area contributed by atoms with Gasteiger partial charge in [-0.1, -0.05) is 0 Å². The van der Waals surface area contributed by atoms with E-state index in [0.717, 1.165) is 11.5 Å². The molecule has 1 N–H and O–H groups in total. The van der Waals surface area contributed by atoms with Gasteiger partial charge in [0.1, 0.15) is 5.82 Å². The van der Waals surface area contributed by atoms with Gasteiger partial charge in [-0.2, -0.15) is 17.5 Å². The molecular weight excluding hydrogens is 227 g/mol. The Morgan fingerprint density at radius 1 is 1.40 bits per heavy atom. The zero-order valence-corrected chi connectivity index (χ0v) is 9.24. The van der Waals surface area contributed by atoms with E-state index >= 15 is 0 Å². The standard InChI is InChI=1S/C8H12F3N3S/c1-5(2)12-7-13-6(14-15-7)3-4-8(9,10)11/h5H,3-4H2,1-2H3,(H,12,13,14). The van der Waals surface area contributed by atoms with Gasteiger partial charge in [0, 0.05) is 24.0 Å². The molecule has 0 aliphatic rings. The maximum Gasteiger partial charge on any atom is 0.389 e. The van der Waals surface area contributed by atoms with Crippen LogP contribution in [-0.2, 0) is 6.42 Å². The first kappa shape index (κ1) is 12.2. The molecule has 15 heavy (non-hydrogen) atoms. The molecule has 0 bridgehead atoms. The second-order valence-electron chi connectivity index (χ2n) is 3.43. The van der Waals surface area contributed by atoms with Crippen molar-refractivity contribution in [3.8, 4) is 0 Å². The lowest BCUT2D eigenvalue weighted by Gasteiger charge is -2.04. The number of hydrogen-bond donors (Lipinski definition) is 1. The van der Waals surface area contributed by atoms with Crippen LogP contribution < -0.4 is 5.32 Å². The number of aryl methyl sites for hydroxylation is 1. The summed E-state index contributed by atoms with van der Waals surface area (Å²) in [4.78, 5) is 3.95. The summed E-state index contributed by atoms with van der Waals surface area (Å²) in [5.41, 5.74) is 0. The Labute approximate surface area is 89.9 Å². The normalized spacial score (nSPS) is 12.1. The van der Waals surface area contributed by atoms with E-state index in [9.17, 15) is 13.2 Å². The Bertz CT molecular complexity index is 308. The number of halogens is 3. The van der Waals surface area contributed by atoms with Gasteiger partial charge in [-0.25, -0.2) is 4.98 Å². The van der Waals surface area contributed by atoms with E-state index in [1.54, 1.807) is 0 Å². The fourth-order valence-corrected chi connectivity index (χ4v) is 1.67. The largest absolute Gasteiger partial charge is 0.389 e. The minimum Gasteiger partial charge on any atom is -0.358 e. The fourth-order valence-electron chi connectivity index (χ4n) is 0.915. The molecule has 1 aromatic rings. The summed E-state index contributed by atoms with van der Waals surface area (Å²) in [5, 5.41) is 3.56. The number of hydrogen-bond acceptors (Lipinski definition) is 4. The topological polar surface area (TPSA) is 37.8 Å². The van der Waals surface area contributed by atoms with Gasteiger partial charge in [0.15, 0.2) is 0 Å². The lowest BCUT2D eigenvalue weighted by molar-refractivity contribution is -0.134. The number of nitrogens with one attached hydrogen (secondary N) is 1. The van der Waals surface area contributed by atoms with Crippen molar-refractivity contribution in [1.82, 2.24) is 9.36 Å². The number of rotatable bonds is 4. The Morgan fingerprint density at radius 2 is 2.07 bits per heavy atom. The molecule has 0 atom stereocenters. The van der Waals surface area contributed by atoms with E-state index in [-0.39, 0.29) is 18.3 Å². The van der Waals surface area contributed by atoms with Gasteiger partial charge in [0.25, 0.3) is 0 Å². The van der Waals surface area contributed by atoms with Gasteiger partial charge in [0.2, 0.25) is 5.13 Å². The monoisotopic (exact) mass is 239 g/mol. The molecule has 0 aliphatic carbocycles. The van der Waals surface area contributed by atoms with Crippen molar-refractivity contribution in [2.45, 2.75) is 38.9 Å². The average Bonchev–Trinajstić information content (AvgIpc) is 2.46. The number of aromatic nitrogens is 2. The first-order valence-corrected chi connectivity index (χ1v) is 5.30. The maximum absolute atomic E-state index is 11.9. The molecule has 0 aliphatic heterocycles. The van der Waals surface area contributed by atoms with Gasteiger partial charge < -0.3 is 5.32 Å². The first-order chi connectivity index (χ1) is 6.87. The van der Waals surface area contributed by atoms with Crippen molar-refractivity contribution in [1.29, 1.82) is 0 Å². The molecule has 0 spiro atoms. The number of nitrogens with zero attached hydrogens (tertiary/aromatic N) is 2. The molecule has 3 nitrogen and oxygen atoms in total. The van der Waals surface area contributed by atoms with Crippen molar-refractivity contribution in [3.05, 3.63) is 5.82 Å². The Morgan fingerprint density at radius 3 is 2.60 bits per heavy atom. The van der Waals surface area contributed by atoms with Crippen LogP contribution in [0.15, 0.2) is 0 Å². The summed E-state index contributed by atoms with van der Waals surface area (Å²) < 4.78 is 39.5. The van der Waals surface area contributed by atoms with E-state index < -0.39 is 12.6 Å². The molecule has 0 saturated carbocycles. The van der Waals surface area contributed by atoms with Gasteiger partial charge in [-0.15, -0.1) is 0 Å². The van der Waals surface area contributed by atoms with Crippen molar-refractivity contribution >= 4 is 16.7 Å². The van der Waals surface area contributed by atoms with Gasteiger partial charge in [-0.05, 0) is 13.8 Å². The molecule has 0 saturated heterocycles. The highest BCUT2D eigenvalue weighted by molar-refractivity contribution is 7.09. The lowest BCUT2D eigenvalue weighted by atomic mass is 10.3. The van der Waals surface area contributed by atoms with E-state index in [1.165, 1.54) is 0 Å². The predicted molar refractivity (Wildman–Crippen MR) is 53.0 cm³/mol. The molecule has 0 unspecified atom stereocenters. The third-order valence-corrected chi connectivity index (χ3v) is 2.20. The minimum atomic E-state index is -4.14. The number of alkyl halides is 3. The summed E-state index contributed by atoms with van der Waals surface area (Å²) in [6, 6.07) is 0.202. The smallest absolute Gasteiger partial charge is 0.358 e. The van der Waals surface area contributed by atoms with Crippen LogP contribution in [0.4, 0.5) is 18.3 Å². The fraction of sp³-hybridized carbons (Fsp3) is 0.750. The highest BCUT2D eigenvalue weighted by Gasteiger charge is 2.27. The zero-order chi connectivity index (χ0) is 11.5. The summed E-state index contributed by atoms with van der Waals surface area (Å²) in [6.45, 7) is 3.85. The Balaban J connectivity index is 2.46. The SMILES string of the molecule is CC(C)Nc1nc(CCC(F)(F)F)ns1. The van der Waals surface area contributed by atoms with Crippen LogP contribution in [0.5, 0.6) is 0 Å². The first-order valence-electron chi connectivity index (χ1n) is 4.52. The van der Waals surface area contributed by atoms with E-state index in [0.29, 0.717) is 5.13 Å². The second kappa shape index (κ2) is 4.78. The van der Waals surface area contributed by atoms with Crippen LogP contribution >= 0.6 is 11.5 Å². The summed E-state index contributed by atoms with van der Waals surface area (Å²) >= 11 is 1.09. The molecule has 1 rings (SSSR count). The third kappa shape index (κ3) is 4.96. The highest BCUT2D eigenvalue weighted by atomic mass is 32.1.